The van der Waals surface area contributed by atoms with Gasteiger partial charge < -0.3 is 5.11 Å². The molecule has 14 heavy (non-hydrogen) atoms. The molecule has 0 bridgehead atoms. The lowest BCUT2D eigenvalue weighted by Crippen LogP contribution is -2.09. The number of nitrogens with zero attached hydrogens (tertiary/aromatic N) is 2. The first-order chi connectivity index (χ1) is 6.66. The molecule has 0 aliphatic rings. The molecule has 2 aromatic rings. The summed E-state index contributed by atoms with van der Waals surface area (Å²) in [4.78, 5) is 10.5. The van der Waals surface area contributed by atoms with Gasteiger partial charge in [0.1, 0.15) is 6.54 Å². The molecule has 0 saturated carbocycles. The van der Waals surface area contributed by atoms with Gasteiger partial charge in [0.15, 0.2) is 0 Å². The molecule has 1 heterocycles. The first-order valence-corrected chi connectivity index (χ1v) is 5.07. The van der Waals surface area contributed by atoms with Crippen molar-refractivity contribution in [3.8, 4) is 0 Å². The van der Waals surface area contributed by atoms with Gasteiger partial charge in [-0.1, -0.05) is 6.07 Å². The third-order valence-electron chi connectivity index (χ3n) is 1.89. The van der Waals surface area contributed by atoms with Gasteiger partial charge in [-0.3, -0.25) is 9.48 Å². The van der Waals surface area contributed by atoms with Gasteiger partial charge in [-0.05, 0) is 34.7 Å². The second-order valence-corrected chi connectivity index (χ2v) is 4.14. The van der Waals surface area contributed by atoms with Gasteiger partial charge >= 0.3 is 5.97 Å². The Labute approximate surface area is 93.7 Å². The molecule has 5 heteroatoms. The van der Waals surface area contributed by atoms with Crippen LogP contribution in [0.4, 0.5) is 0 Å². The number of hydrogen-bond donors (Lipinski definition) is 1. The molecule has 0 saturated heterocycles. The number of benzene rings is 1. The van der Waals surface area contributed by atoms with Gasteiger partial charge in [0, 0.05) is 8.96 Å². The van der Waals surface area contributed by atoms with Crippen LogP contribution in [0.3, 0.4) is 0 Å². The summed E-state index contributed by atoms with van der Waals surface area (Å²) in [6, 6.07) is 5.82. The molecule has 0 aliphatic heterocycles. The van der Waals surface area contributed by atoms with Crippen molar-refractivity contribution in [3.05, 3.63) is 28.0 Å². The summed E-state index contributed by atoms with van der Waals surface area (Å²) in [7, 11) is 0. The number of carboxylic acids is 1. The lowest BCUT2D eigenvalue weighted by atomic mass is 10.2. The molecule has 4 nitrogen and oxygen atoms in total. The van der Waals surface area contributed by atoms with Crippen molar-refractivity contribution in [1.29, 1.82) is 0 Å². The van der Waals surface area contributed by atoms with E-state index in [0.717, 1.165) is 14.5 Å². The fourth-order valence-corrected chi connectivity index (χ4v) is 1.77. The maximum atomic E-state index is 10.5. The van der Waals surface area contributed by atoms with Crippen LogP contribution in [0.1, 0.15) is 0 Å². The topological polar surface area (TPSA) is 55.1 Å². The Kier molecular flexibility index (Phi) is 2.40. The third-order valence-corrected chi connectivity index (χ3v) is 2.56. The molecule has 0 atom stereocenters. The van der Waals surface area contributed by atoms with Crippen molar-refractivity contribution in [1.82, 2.24) is 9.78 Å². The molecule has 0 aliphatic carbocycles. The number of fused-ring (bicyclic) bond motifs is 1. The number of halogens is 1. The predicted octanol–water partition coefficient (Wildman–Crippen LogP) is 1.73. The van der Waals surface area contributed by atoms with Crippen LogP contribution in [-0.4, -0.2) is 20.9 Å². The van der Waals surface area contributed by atoms with Crippen molar-refractivity contribution >= 4 is 39.5 Å². The number of aliphatic carboxylic acids is 1. The third kappa shape index (κ3) is 1.72. The number of carbonyl (C=O) groups is 1. The van der Waals surface area contributed by atoms with Crippen molar-refractivity contribution in [3.63, 3.8) is 0 Å². The van der Waals surface area contributed by atoms with Crippen LogP contribution < -0.4 is 0 Å². The van der Waals surface area contributed by atoms with Crippen molar-refractivity contribution in [2.75, 3.05) is 0 Å². The number of carboxylic acid groups (broad SMARTS) is 1. The Bertz CT molecular complexity index is 493. The minimum absolute atomic E-state index is 0.0937. The molecule has 0 fully saturated rings. The minimum atomic E-state index is -0.881. The average Bonchev–Trinajstić information content (AvgIpc) is 2.47. The fraction of sp³-hybridized carbons (Fsp3) is 0.111. The maximum absolute atomic E-state index is 10.5. The van der Waals surface area contributed by atoms with E-state index in [-0.39, 0.29) is 6.54 Å². The molecule has 0 amide bonds. The van der Waals surface area contributed by atoms with Gasteiger partial charge in [-0.15, -0.1) is 0 Å². The SMILES string of the molecule is O=C(O)Cn1ncc2ccc(I)cc21. The van der Waals surface area contributed by atoms with Gasteiger partial charge in [-0.25, -0.2) is 0 Å². The molecule has 2 rings (SSSR count). The Morgan fingerprint density at radius 1 is 1.57 bits per heavy atom. The molecule has 1 N–H and O–H groups in total. The van der Waals surface area contributed by atoms with Crippen molar-refractivity contribution < 1.29 is 9.90 Å². The number of rotatable bonds is 2. The van der Waals surface area contributed by atoms with Crippen molar-refractivity contribution in [2.45, 2.75) is 6.54 Å². The molecule has 1 aromatic heterocycles. The van der Waals surface area contributed by atoms with Gasteiger partial charge in [0.05, 0.1) is 11.7 Å². The van der Waals surface area contributed by atoms with E-state index in [1.54, 1.807) is 6.20 Å². The van der Waals surface area contributed by atoms with Crippen LogP contribution in [0.25, 0.3) is 10.9 Å². The van der Waals surface area contributed by atoms with Crippen LogP contribution in [0.2, 0.25) is 0 Å². The van der Waals surface area contributed by atoms with Gasteiger partial charge in [-0.2, -0.15) is 5.10 Å². The van der Waals surface area contributed by atoms with Crippen LogP contribution in [0.15, 0.2) is 24.4 Å². The van der Waals surface area contributed by atoms with E-state index in [2.05, 4.69) is 27.7 Å². The highest BCUT2D eigenvalue weighted by molar-refractivity contribution is 14.1. The van der Waals surface area contributed by atoms with Crippen molar-refractivity contribution in [2.24, 2.45) is 0 Å². The quantitative estimate of drug-likeness (QED) is 0.860. The van der Waals surface area contributed by atoms with Gasteiger partial charge in [0.2, 0.25) is 0 Å². The Morgan fingerprint density at radius 2 is 2.36 bits per heavy atom. The van der Waals surface area contributed by atoms with Crippen LogP contribution in [0, 0.1) is 3.57 Å². The maximum Gasteiger partial charge on any atom is 0.325 e. The zero-order chi connectivity index (χ0) is 10.1. The highest BCUT2D eigenvalue weighted by Crippen LogP contribution is 2.16. The van der Waals surface area contributed by atoms with E-state index in [1.165, 1.54) is 4.68 Å². The largest absolute Gasteiger partial charge is 0.480 e. The highest BCUT2D eigenvalue weighted by Gasteiger charge is 2.05. The lowest BCUT2D eigenvalue weighted by molar-refractivity contribution is -0.137. The molecular weight excluding hydrogens is 295 g/mol. The Balaban J connectivity index is 2.55. The molecular formula is C9H7IN2O2. The summed E-state index contributed by atoms with van der Waals surface area (Å²) in [5.41, 5.74) is 0.860. The first kappa shape index (κ1) is 9.45. The van der Waals surface area contributed by atoms with E-state index in [4.69, 9.17) is 5.11 Å². The number of aromatic nitrogens is 2. The van der Waals surface area contributed by atoms with Crippen LogP contribution in [0.5, 0.6) is 0 Å². The smallest absolute Gasteiger partial charge is 0.325 e. The summed E-state index contributed by atoms with van der Waals surface area (Å²) < 4.78 is 2.56. The van der Waals surface area contributed by atoms with E-state index in [0.29, 0.717) is 0 Å². The lowest BCUT2D eigenvalue weighted by Gasteiger charge is -1.98. The van der Waals surface area contributed by atoms with E-state index < -0.39 is 5.97 Å². The average molecular weight is 302 g/mol. The summed E-state index contributed by atoms with van der Waals surface area (Å²) in [6.07, 6.45) is 1.67. The molecule has 1 aromatic carbocycles. The van der Waals surface area contributed by atoms with E-state index in [1.807, 2.05) is 18.2 Å². The fourth-order valence-electron chi connectivity index (χ4n) is 1.30. The molecule has 72 valence electrons. The Hall–Kier alpha value is -1.11. The highest BCUT2D eigenvalue weighted by atomic mass is 127. The predicted molar refractivity (Wildman–Crippen MR) is 60.1 cm³/mol. The monoisotopic (exact) mass is 302 g/mol. The molecule has 0 spiro atoms. The molecule has 0 unspecified atom stereocenters. The van der Waals surface area contributed by atoms with E-state index >= 15 is 0 Å². The second kappa shape index (κ2) is 3.56. The standard InChI is InChI=1S/C9H7IN2O2/c10-7-2-1-6-4-11-12(5-9(13)14)8(6)3-7/h1-4H,5H2,(H,13,14). The first-order valence-electron chi connectivity index (χ1n) is 4.00. The number of hydrogen-bond acceptors (Lipinski definition) is 2. The normalized spacial score (nSPS) is 10.6. The zero-order valence-electron chi connectivity index (χ0n) is 7.14. The molecule has 0 radical (unpaired) electrons. The van der Waals surface area contributed by atoms with Crippen LogP contribution in [-0.2, 0) is 11.3 Å². The zero-order valence-corrected chi connectivity index (χ0v) is 9.30. The van der Waals surface area contributed by atoms with Crippen LogP contribution >= 0.6 is 22.6 Å². The Morgan fingerprint density at radius 3 is 3.07 bits per heavy atom. The summed E-state index contributed by atoms with van der Waals surface area (Å²) in [6.45, 7) is -0.0937. The summed E-state index contributed by atoms with van der Waals surface area (Å²) in [5, 5.41) is 13.6. The minimum Gasteiger partial charge on any atom is -0.480 e. The second-order valence-electron chi connectivity index (χ2n) is 2.90. The van der Waals surface area contributed by atoms with E-state index in [9.17, 15) is 4.79 Å². The summed E-state index contributed by atoms with van der Waals surface area (Å²) in [5.74, 6) is -0.881. The van der Waals surface area contributed by atoms with Gasteiger partial charge in [0.25, 0.3) is 0 Å². The summed E-state index contributed by atoms with van der Waals surface area (Å²) >= 11 is 2.19.